The topological polar surface area (TPSA) is 115 Å². The van der Waals surface area contributed by atoms with Gasteiger partial charge < -0.3 is 14.5 Å². The highest BCUT2D eigenvalue weighted by molar-refractivity contribution is 9.10. The molecule has 3 aliphatic heterocycles. The van der Waals surface area contributed by atoms with Gasteiger partial charge in [0.05, 0.1) is 61.6 Å². The molecule has 3 fully saturated rings. The first-order valence-electron chi connectivity index (χ1n) is 13.4. The number of aromatic amines is 1. The van der Waals surface area contributed by atoms with E-state index in [9.17, 15) is 13.2 Å². The van der Waals surface area contributed by atoms with Crippen LogP contribution in [-0.2, 0) is 14.8 Å². The summed E-state index contributed by atoms with van der Waals surface area (Å²) in [6, 6.07) is 9.03. The molecule has 0 bridgehead atoms. The van der Waals surface area contributed by atoms with Gasteiger partial charge in [0.2, 0.25) is 15.8 Å². The normalized spacial score (nSPS) is 20.3. The van der Waals surface area contributed by atoms with Crippen molar-refractivity contribution < 1.29 is 22.5 Å². The van der Waals surface area contributed by atoms with Crippen molar-refractivity contribution in [2.24, 2.45) is 0 Å². The summed E-state index contributed by atoms with van der Waals surface area (Å²) in [7, 11) is -3.56. The number of likely N-dealkylation sites (tertiary alicyclic amines) is 1. The highest BCUT2D eigenvalue weighted by Crippen LogP contribution is 2.34. The monoisotopic (exact) mass is 618 g/mol. The number of benzene rings is 1. The van der Waals surface area contributed by atoms with E-state index in [-0.39, 0.29) is 17.6 Å². The second-order valence-corrected chi connectivity index (χ2v) is 13.1. The van der Waals surface area contributed by atoms with Crippen LogP contribution in [0.4, 0.5) is 17.3 Å². The number of carbonyl (C=O) groups is 1. The lowest BCUT2D eigenvalue weighted by atomic mass is 9.98. The molecule has 6 rings (SSSR count). The minimum absolute atomic E-state index is 0.192. The number of nitrogens with one attached hydrogen (secondary N) is 2. The first kappa shape index (κ1) is 26.3. The molecule has 0 saturated carbocycles. The number of amides is 1. The Bertz CT molecular complexity index is 1500. The molecule has 3 saturated heterocycles. The molecular weight excluding hydrogens is 586 g/mol. The van der Waals surface area contributed by atoms with Crippen molar-refractivity contribution in [1.29, 1.82) is 0 Å². The molecular formula is C26H33BrN7O4S+. The van der Waals surface area contributed by atoms with Gasteiger partial charge in [0.25, 0.3) is 17.4 Å². The van der Waals surface area contributed by atoms with E-state index in [1.807, 2.05) is 9.42 Å². The van der Waals surface area contributed by atoms with E-state index in [0.717, 1.165) is 74.7 Å². The lowest BCUT2D eigenvalue weighted by molar-refractivity contribution is -0.567. The maximum absolute atomic E-state index is 14.0. The number of ether oxygens (including phenoxy) is 1. The van der Waals surface area contributed by atoms with Crippen LogP contribution >= 0.6 is 15.9 Å². The minimum Gasteiger partial charge on any atom is -0.375 e. The molecule has 0 aliphatic carbocycles. The largest absolute Gasteiger partial charge is 0.375 e. The fraction of sp³-hybridized carbons (Fsp3) is 0.500. The van der Waals surface area contributed by atoms with Gasteiger partial charge in [0, 0.05) is 30.2 Å². The van der Waals surface area contributed by atoms with E-state index in [4.69, 9.17) is 9.72 Å². The van der Waals surface area contributed by atoms with Crippen LogP contribution in [0.3, 0.4) is 0 Å². The summed E-state index contributed by atoms with van der Waals surface area (Å²) in [4.78, 5) is 25.4. The lowest BCUT2D eigenvalue weighted by Gasteiger charge is -2.35. The second-order valence-electron chi connectivity index (χ2n) is 10.4. The van der Waals surface area contributed by atoms with Crippen LogP contribution in [0.5, 0.6) is 0 Å². The number of hydrogen-bond acceptors (Lipinski definition) is 7. The number of fused-ring (bicyclic) bond motifs is 1. The maximum Gasteiger partial charge on any atom is 0.289 e. The maximum atomic E-state index is 14.0. The Morgan fingerprint density at radius 3 is 2.59 bits per heavy atom. The highest BCUT2D eigenvalue weighted by Gasteiger charge is 2.34. The molecule has 39 heavy (non-hydrogen) atoms. The van der Waals surface area contributed by atoms with Crippen LogP contribution < -0.4 is 19.0 Å². The second kappa shape index (κ2) is 10.6. The van der Waals surface area contributed by atoms with Crippen molar-refractivity contribution in [3.05, 3.63) is 46.1 Å². The van der Waals surface area contributed by atoms with Crippen LogP contribution in [-0.4, -0.2) is 81.5 Å². The number of hydrogen-bond donors (Lipinski definition) is 2. The average Bonchev–Trinajstić information content (AvgIpc) is 3.32. The number of sulfonamides is 1. The number of aromatic nitrogens is 3. The Labute approximate surface area is 236 Å². The third kappa shape index (κ3) is 5.44. The Morgan fingerprint density at radius 2 is 1.87 bits per heavy atom. The van der Waals surface area contributed by atoms with Crippen molar-refractivity contribution in [2.45, 2.75) is 31.7 Å². The molecule has 1 atom stereocenters. The predicted octanol–water partition coefficient (Wildman–Crippen LogP) is 2.70. The molecule has 5 heterocycles. The summed E-state index contributed by atoms with van der Waals surface area (Å²) in [5.74, 6) is 1.80. The number of carbonyl (C=O) groups excluding carboxylic acids is 1. The van der Waals surface area contributed by atoms with Crippen molar-refractivity contribution in [1.82, 2.24) is 15.0 Å². The highest BCUT2D eigenvalue weighted by atomic mass is 79.9. The third-order valence-corrected chi connectivity index (χ3v) is 8.70. The summed E-state index contributed by atoms with van der Waals surface area (Å²) >= 11 is 3.44. The summed E-state index contributed by atoms with van der Waals surface area (Å²) in [5, 5.41) is 3.57. The van der Waals surface area contributed by atoms with Gasteiger partial charge in [-0.1, -0.05) is 20.9 Å². The Balaban J connectivity index is 1.38. The molecule has 3 aliphatic rings. The number of piperidine rings is 1. The number of anilines is 3. The lowest BCUT2D eigenvalue weighted by Crippen LogP contribution is -2.45. The third-order valence-electron chi connectivity index (χ3n) is 7.62. The standard InChI is InChI=1S/C26H32BrN7O4S/c1-39(36,37)30-20-7-6-18(27)15-19(20)26(35)33-10-3-2-5-22(33)21-16-24-28-23(31-8-4-9-31)17-25(34(24)29-21)32-11-13-38-14-12-32/h6-7,15-17,22H,2-5,8-14H2,1H3,(H,30,35)/p+1/t22-/m0/s1. The summed E-state index contributed by atoms with van der Waals surface area (Å²) < 4.78 is 34.8. The minimum atomic E-state index is -3.56. The summed E-state index contributed by atoms with van der Waals surface area (Å²) in [6.07, 6.45) is 4.93. The number of morpholine rings is 1. The van der Waals surface area contributed by atoms with E-state index in [2.05, 4.69) is 47.7 Å². The summed E-state index contributed by atoms with van der Waals surface area (Å²) in [5.41, 5.74) is 2.32. The van der Waals surface area contributed by atoms with E-state index >= 15 is 0 Å². The first-order valence-corrected chi connectivity index (χ1v) is 16.1. The van der Waals surface area contributed by atoms with Crippen LogP contribution in [0.1, 0.15) is 47.8 Å². The number of halogens is 1. The SMILES string of the molecule is CS(=O)(=O)Nc1ccc(Br)cc1C(=O)N1CCCC[C@H]1c1cc2nc(N3CCC3)cc(N3CCOCC3)[n+]2[nH]1. The first-order chi connectivity index (χ1) is 18.8. The van der Waals surface area contributed by atoms with E-state index in [1.54, 1.807) is 18.2 Å². The average molecular weight is 620 g/mol. The van der Waals surface area contributed by atoms with Crippen molar-refractivity contribution in [2.75, 3.05) is 66.7 Å². The van der Waals surface area contributed by atoms with Gasteiger partial charge in [-0.2, -0.15) is 0 Å². The Hall–Kier alpha value is -2.90. The van der Waals surface area contributed by atoms with Crippen molar-refractivity contribution in [3.63, 3.8) is 0 Å². The Morgan fingerprint density at radius 1 is 1.08 bits per heavy atom. The van der Waals surface area contributed by atoms with Crippen molar-refractivity contribution >= 4 is 54.8 Å². The zero-order chi connectivity index (χ0) is 27.1. The van der Waals surface area contributed by atoms with Gasteiger partial charge in [-0.3, -0.25) is 14.4 Å². The molecule has 0 unspecified atom stereocenters. The fourth-order valence-electron chi connectivity index (χ4n) is 5.55. The van der Waals surface area contributed by atoms with Gasteiger partial charge in [-0.15, -0.1) is 4.52 Å². The number of rotatable bonds is 6. The number of H-pyrrole nitrogens is 1. The van der Waals surface area contributed by atoms with Gasteiger partial charge in [-0.05, 0) is 43.9 Å². The van der Waals surface area contributed by atoms with Gasteiger partial charge in [0.1, 0.15) is 0 Å². The molecule has 13 heteroatoms. The zero-order valence-electron chi connectivity index (χ0n) is 21.9. The van der Waals surface area contributed by atoms with Crippen molar-refractivity contribution in [3.8, 4) is 0 Å². The molecule has 0 spiro atoms. The summed E-state index contributed by atoms with van der Waals surface area (Å²) in [6.45, 7) is 5.54. The Kier molecular flexibility index (Phi) is 7.15. The molecule has 1 amide bonds. The van der Waals surface area contributed by atoms with Gasteiger partial charge in [-0.25, -0.2) is 13.5 Å². The molecule has 3 aromatic rings. The van der Waals surface area contributed by atoms with E-state index in [1.165, 1.54) is 6.42 Å². The van der Waals surface area contributed by atoms with Crippen LogP contribution in [0, 0.1) is 0 Å². The van der Waals surface area contributed by atoms with Crippen LogP contribution in [0.25, 0.3) is 5.65 Å². The smallest absolute Gasteiger partial charge is 0.289 e. The molecule has 11 nitrogen and oxygen atoms in total. The predicted molar refractivity (Wildman–Crippen MR) is 152 cm³/mol. The molecule has 0 radical (unpaired) electrons. The fourth-order valence-corrected chi connectivity index (χ4v) is 6.49. The van der Waals surface area contributed by atoms with Crippen LogP contribution in [0.2, 0.25) is 0 Å². The zero-order valence-corrected chi connectivity index (χ0v) is 24.3. The molecule has 208 valence electrons. The quantitative estimate of drug-likeness (QED) is 0.408. The number of nitrogens with zero attached hydrogens (tertiary/aromatic N) is 5. The van der Waals surface area contributed by atoms with Gasteiger partial charge in [0.15, 0.2) is 0 Å². The van der Waals surface area contributed by atoms with Crippen LogP contribution in [0.15, 0.2) is 34.8 Å². The molecule has 2 N–H and O–H groups in total. The molecule has 1 aromatic carbocycles. The van der Waals surface area contributed by atoms with Gasteiger partial charge >= 0.3 is 0 Å². The molecule has 2 aromatic heterocycles. The van der Waals surface area contributed by atoms with E-state index in [0.29, 0.717) is 29.8 Å². The van der Waals surface area contributed by atoms with E-state index < -0.39 is 10.0 Å².